The zero-order chi connectivity index (χ0) is 20.1. The third kappa shape index (κ3) is 5.00. The van der Waals surface area contributed by atoms with E-state index in [1.165, 1.54) is 22.3 Å². The highest BCUT2D eigenvalue weighted by Crippen LogP contribution is 2.38. The van der Waals surface area contributed by atoms with Crippen LogP contribution >= 0.6 is 0 Å². The number of nitrogens with zero attached hydrogens (tertiary/aromatic N) is 2. The average molecular weight is 364 g/mol. The molecule has 0 saturated carbocycles. The first-order valence-electron chi connectivity index (χ1n) is 10.2. The van der Waals surface area contributed by atoms with Crippen molar-refractivity contribution in [3.05, 3.63) is 64.0 Å². The van der Waals surface area contributed by atoms with Gasteiger partial charge in [0.15, 0.2) is 0 Å². The minimum Gasteiger partial charge on any atom is -0.443 e. The summed E-state index contributed by atoms with van der Waals surface area (Å²) in [4.78, 5) is 4.85. The Balaban J connectivity index is 2.45. The van der Waals surface area contributed by atoms with Crippen LogP contribution in [0.25, 0.3) is 5.32 Å². The van der Waals surface area contributed by atoms with Crippen LogP contribution in [0.1, 0.15) is 101 Å². The van der Waals surface area contributed by atoms with Gasteiger partial charge in [-0.25, -0.2) is 0 Å². The molecule has 0 spiro atoms. The van der Waals surface area contributed by atoms with Gasteiger partial charge in [0.1, 0.15) is 0 Å². The van der Waals surface area contributed by atoms with Gasteiger partial charge in [-0.1, -0.05) is 98.1 Å². The molecule has 0 aliphatic heterocycles. The number of rotatable bonds is 7. The first-order chi connectivity index (χ1) is 12.7. The fourth-order valence-electron chi connectivity index (χ4n) is 3.47. The molecule has 0 atom stereocenters. The summed E-state index contributed by atoms with van der Waals surface area (Å²) in [6, 6.07) is 13.0. The summed E-state index contributed by atoms with van der Waals surface area (Å²) in [6.45, 7) is 17.8. The first kappa shape index (κ1) is 21.2. The maximum Gasteiger partial charge on any atom is -0.0216 e. The van der Waals surface area contributed by atoms with Crippen molar-refractivity contribution in [3.8, 4) is 0 Å². The largest absolute Gasteiger partial charge is 0.443 e. The zero-order valence-electron chi connectivity index (χ0n) is 18.2. The molecule has 0 aliphatic carbocycles. The second kappa shape index (κ2) is 9.21. The van der Waals surface area contributed by atoms with Crippen LogP contribution in [0, 0.1) is 0 Å². The van der Waals surface area contributed by atoms with Gasteiger partial charge in [-0.2, -0.15) is 0 Å². The number of hydrogen-bond donors (Lipinski definition) is 0. The van der Waals surface area contributed by atoms with Crippen molar-refractivity contribution in [1.29, 1.82) is 0 Å². The summed E-state index contributed by atoms with van der Waals surface area (Å²) >= 11 is 0. The van der Waals surface area contributed by atoms with Gasteiger partial charge in [-0.15, -0.1) is 0 Å². The summed E-state index contributed by atoms with van der Waals surface area (Å²) in [6.07, 6.45) is 1.76. The predicted octanol–water partition coefficient (Wildman–Crippen LogP) is 8.55. The van der Waals surface area contributed by atoms with E-state index in [4.69, 9.17) is 10.3 Å². The lowest BCUT2D eigenvalue weighted by Crippen LogP contribution is -1.97. The molecule has 2 aromatic carbocycles. The maximum atomic E-state index is 4.85. The Morgan fingerprint density at radius 2 is 1.00 bits per heavy atom. The summed E-state index contributed by atoms with van der Waals surface area (Å²) in [5.74, 6) is 1.74. The minimum absolute atomic E-state index is 0.435. The fraction of sp³-hybridized carbons (Fsp3) is 0.480. The topological polar surface area (TPSA) is 26.5 Å². The van der Waals surface area contributed by atoms with Crippen molar-refractivity contribution in [2.75, 3.05) is 0 Å². The Labute approximate surface area is 166 Å². The van der Waals surface area contributed by atoms with Crippen molar-refractivity contribution in [1.82, 2.24) is 0 Å². The molecular weight excluding hydrogens is 328 g/mol. The first-order valence-corrected chi connectivity index (χ1v) is 10.2. The molecule has 0 saturated heterocycles. The van der Waals surface area contributed by atoms with Crippen LogP contribution in [0.4, 0.5) is 11.4 Å². The molecule has 2 nitrogen and oxygen atoms in total. The standard InChI is InChI=1S/C25H35N2/c1-16(2)20-11-9-12-21(17(3)4)24(20)26-15-27-25-22(18(5)6)13-10-14-23(25)19(7)8/h9-19H,1-8H3/q-1. The van der Waals surface area contributed by atoms with Crippen LogP contribution in [0.5, 0.6) is 0 Å². The number of aliphatic imine (C=N–C) groups is 1. The van der Waals surface area contributed by atoms with E-state index in [9.17, 15) is 0 Å². The second-order valence-corrected chi connectivity index (χ2v) is 8.56. The maximum absolute atomic E-state index is 4.85. The van der Waals surface area contributed by atoms with Gasteiger partial charge in [0.25, 0.3) is 0 Å². The second-order valence-electron chi connectivity index (χ2n) is 8.56. The van der Waals surface area contributed by atoms with Gasteiger partial charge in [-0.05, 0) is 57.3 Å². The van der Waals surface area contributed by atoms with Gasteiger partial charge >= 0.3 is 0 Å². The molecule has 0 heterocycles. The van der Waals surface area contributed by atoms with E-state index < -0.39 is 0 Å². The SMILES string of the molecule is CC(C)c1cccc(C(C)C)c1N=C[N-]c1c(C(C)C)cccc1C(C)C. The van der Waals surface area contributed by atoms with Crippen LogP contribution in [-0.2, 0) is 0 Å². The Kier molecular flexibility index (Phi) is 7.24. The Bertz CT molecular complexity index is 730. The summed E-state index contributed by atoms with van der Waals surface area (Å²) < 4.78 is 0. The number of para-hydroxylation sites is 2. The van der Waals surface area contributed by atoms with Gasteiger partial charge in [0.2, 0.25) is 0 Å². The molecule has 0 fully saturated rings. The van der Waals surface area contributed by atoms with Crippen LogP contribution in [0.15, 0.2) is 41.4 Å². The lowest BCUT2D eigenvalue weighted by Gasteiger charge is -2.25. The highest BCUT2D eigenvalue weighted by molar-refractivity contribution is 5.88. The van der Waals surface area contributed by atoms with Crippen molar-refractivity contribution >= 4 is 17.7 Å². The summed E-state index contributed by atoms with van der Waals surface area (Å²) in [5.41, 5.74) is 7.31. The molecule has 0 unspecified atom stereocenters. The monoisotopic (exact) mass is 363 g/mol. The molecule has 0 aromatic heterocycles. The predicted molar refractivity (Wildman–Crippen MR) is 120 cm³/mol. The van der Waals surface area contributed by atoms with E-state index in [0.717, 1.165) is 11.4 Å². The summed E-state index contributed by atoms with van der Waals surface area (Å²) in [5, 5.41) is 4.85. The molecule has 146 valence electrons. The third-order valence-corrected chi connectivity index (χ3v) is 5.06. The van der Waals surface area contributed by atoms with Crippen LogP contribution < -0.4 is 0 Å². The molecule has 2 rings (SSSR count). The van der Waals surface area contributed by atoms with E-state index in [1.54, 1.807) is 6.34 Å². The van der Waals surface area contributed by atoms with Gasteiger partial charge in [0, 0.05) is 0 Å². The average Bonchev–Trinajstić information content (AvgIpc) is 2.61. The van der Waals surface area contributed by atoms with E-state index in [2.05, 4.69) is 91.8 Å². The van der Waals surface area contributed by atoms with Gasteiger partial charge in [0.05, 0.1) is 0 Å². The Morgan fingerprint density at radius 3 is 1.37 bits per heavy atom. The van der Waals surface area contributed by atoms with Crippen molar-refractivity contribution in [2.45, 2.75) is 79.1 Å². The highest BCUT2D eigenvalue weighted by atomic mass is 15.0. The highest BCUT2D eigenvalue weighted by Gasteiger charge is 2.11. The number of hydrogen-bond acceptors (Lipinski definition) is 1. The normalized spacial score (nSPS) is 12.1. The van der Waals surface area contributed by atoms with Crippen LogP contribution in [0.2, 0.25) is 0 Å². The van der Waals surface area contributed by atoms with Crippen LogP contribution in [0.3, 0.4) is 0 Å². The molecule has 27 heavy (non-hydrogen) atoms. The van der Waals surface area contributed by atoms with E-state index >= 15 is 0 Å². The van der Waals surface area contributed by atoms with Crippen LogP contribution in [-0.4, -0.2) is 6.34 Å². The lowest BCUT2D eigenvalue weighted by molar-refractivity contribution is 0.835. The summed E-state index contributed by atoms with van der Waals surface area (Å²) in [7, 11) is 0. The van der Waals surface area contributed by atoms with Crippen molar-refractivity contribution < 1.29 is 0 Å². The van der Waals surface area contributed by atoms with E-state index in [0.29, 0.717) is 23.7 Å². The Morgan fingerprint density at radius 1 is 0.630 bits per heavy atom. The molecule has 2 aromatic rings. The number of benzene rings is 2. The molecule has 0 amide bonds. The van der Waals surface area contributed by atoms with E-state index in [1.807, 2.05) is 0 Å². The van der Waals surface area contributed by atoms with Gasteiger partial charge < -0.3 is 10.3 Å². The molecule has 2 heteroatoms. The van der Waals surface area contributed by atoms with E-state index in [-0.39, 0.29) is 0 Å². The smallest absolute Gasteiger partial charge is 0.0216 e. The van der Waals surface area contributed by atoms with Gasteiger partial charge in [-0.3, -0.25) is 0 Å². The quantitative estimate of drug-likeness (QED) is 0.348. The third-order valence-electron chi connectivity index (χ3n) is 5.06. The molecule has 0 radical (unpaired) electrons. The lowest BCUT2D eigenvalue weighted by atomic mass is 9.92. The van der Waals surface area contributed by atoms with Crippen molar-refractivity contribution in [3.63, 3.8) is 0 Å². The fourth-order valence-corrected chi connectivity index (χ4v) is 3.47. The minimum atomic E-state index is 0.435. The molecule has 0 bridgehead atoms. The zero-order valence-corrected chi connectivity index (χ0v) is 18.2. The Hall–Kier alpha value is -2.09. The molecular formula is C25H35N2-. The van der Waals surface area contributed by atoms with Crippen molar-refractivity contribution in [2.24, 2.45) is 4.99 Å². The molecule has 0 aliphatic rings. The molecule has 0 N–H and O–H groups in total.